The third-order valence-corrected chi connectivity index (χ3v) is 2.04. The van der Waals surface area contributed by atoms with Crippen LogP contribution in [0.1, 0.15) is 12.8 Å². The molecule has 0 aliphatic carbocycles. The molecule has 0 aromatic carbocycles. The van der Waals surface area contributed by atoms with Crippen LogP contribution in [-0.4, -0.2) is 11.6 Å². The molecule has 76 valence electrons. The lowest BCUT2D eigenvalue weighted by molar-refractivity contribution is -0.174. The molecule has 4 heteroatoms. The van der Waals surface area contributed by atoms with Crippen molar-refractivity contribution in [3.05, 3.63) is 25.3 Å². The zero-order valence-electron chi connectivity index (χ0n) is 7.15. The van der Waals surface area contributed by atoms with E-state index < -0.39 is 17.5 Å². The molecule has 0 rings (SSSR count). The van der Waals surface area contributed by atoms with Crippen molar-refractivity contribution in [3.8, 4) is 0 Å². The maximum absolute atomic E-state index is 12.3. The molecule has 0 aromatic rings. The van der Waals surface area contributed by atoms with Gasteiger partial charge in [0.05, 0.1) is 11.3 Å². The molecule has 0 radical (unpaired) electrons. The van der Waals surface area contributed by atoms with E-state index in [0.717, 1.165) is 0 Å². The molecular formula is C9H12ClF3. The second-order valence-electron chi connectivity index (χ2n) is 2.75. The molecule has 2 unspecified atom stereocenters. The predicted octanol–water partition coefficient (Wildman–Crippen LogP) is 3.92. The fourth-order valence-corrected chi connectivity index (χ4v) is 1.15. The van der Waals surface area contributed by atoms with Gasteiger partial charge in [-0.1, -0.05) is 12.2 Å². The summed E-state index contributed by atoms with van der Waals surface area (Å²) in [5.74, 6) is -1.41. The molecule has 0 heterocycles. The number of hydrogen-bond donors (Lipinski definition) is 0. The minimum atomic E-state index is -4.20. The average molecular weight is 213 g/mol. The van der Waals surface area contributed by atoms with Crippen molar-refractivity contribution in [2.75, 3.05) is 0 Å². The van der Waals surface area contributed by atoms with Crippen LogP contribution in [0.25, 0.3) is 0 Å². The first kappa shape index (κ1) is 12.6. The summed E-state index contributed by atoms with van der Waals surface area (Å²) in [5, 5.41) is -0.633. The Kier molecular flexibility index (Phi) is 5.14. The Morgan fingerprint density at radius 3 is 2.15 bits per heavy atom. The van der Waals surface area contributed by atoms with E-state index >= 15 is 0 Å². The summed E-state index contributed by atoms with van der Waals surface area (Å²) >= 11 is 5.55. The van der Waals surface area contributed by atoms with E-state index in [0.29, 0.717) is 0 Å². The molecule has 0 nitrogen and oxygen atoms in total. The fourth-order valence-electron chi connectivity index (χ4n) is 0.933. The molecule has 0 saturated carbocycles. The summed E-state index contributed by atoms with van der Waals surface area (Å²) in [6.45, 7) is 6.61. The highest BCUT2D eigenvalue weighted by molar-refractivity contribution is 6.21. The third kappa shape index (κ3) is 4.98. The Hall–Kier alpha value is -0.440. The lowest BCUT2D eigenvalue weighted by Gasteiger charge is -2.19. The van der Waals surface area contributed by atoms with Gasteiger partial charge in [0.15, 0.2) is 0 Å². The zero-order chi connectivity index (χ0) is 10.5. The SMILES string of the molecule is C=CCC(CC(Cl)C=C)C(F)(F)F. The second-order valence-corrected chi connectivity index (χ2v) is 3.31. The summed E-state index contributed by atoms with van der Waals surface area (Å²) in [5.41, 5.74) is 0. The lowest BCUT2D eigenvalue weighted by atomic mass is 9.99. The highest BCUT2D eigenvalue weighted by Gasteiger charge is 2.38. The molecule has 0 bridgehead atoms. The number of allylic oxidation sites excluding steroid dienone is 2. The van der Waals surface area contributed by atoms with Crippen molar-refractivity contribution in [2.24, 2.45) is 5.92 Å². The smallest absolute Gasteiger partial charge is 0.171 e. The van der Waals surface area contributed by atoms with E-state index in [1.807, 2.05) is 0 Å². The molecule has 0 spiro atoms. The maximum atomic E-state index is 12.3. The largest absolute Gasteiger partial charge is 0.392 e. The molecule has 0 fully saturated rings. The first-order chi connectivity index (χ1) is 5.91. The number of rotatable bonds is 5. The van der Waals surface area contributed by atoms with Crippen LogP contribution in [0.2, 0.25) is 0 Å². The minimum absolute atomic E-state index is 0.0967. The van der Waals surface area contributed by atoms with E-state index in [-0.39, 0.29) is 12.8 Å². The van der Waals surface area contributed by atoms with Crippen LogP contribution in [0.15, 0.2) is 25.3 Å². The van der Waals surface area contributed by atoms with Crippen molar-refractivity contribution < 1.29 is 13.2 Å². The topological polar surface area (TPSA) is 0 Å². The van der Waals surface area contributed by atoms with Gasteiger partial charge in [-0.3, -0.25) is 0 Å². The standard InChI is InChI=1S/C9H12ClF3/c1-3-5-7(9(11,12)13)6-8(10)4-2/h3-4,7-8H,1-2,5-6H2. The number of hydrogen-bond acceptors (Lipinski definition) is 0. The van der Waals surface area contributed by atoms with Gasteiger partial charge in [-0.15, -0.1) is 24.8 Å². The van der Waals surface area contributed by atoms with Gasteiger partial charge in [-0.25, -0.2) is 0 Å². The molecule has 0 aromatic heterocycles. The Balaban J connectivity index is 4.25. The highest BCUT2D eigenvalue weighted by atomic mass is 35.5. The van der Waals surface area contributed by atoms with E-state index in [4.69, 9.17) is 11.6 Å². The first-order valence-corrected chi connectivity index (χ1v) is 4.29. The van der Waals surface area contributed by atoms with Gasteiger partial charge in [-0.2, -0.15) is 13.2 Å². The fraction of sp³-hybridized carbons (Fsp3) is 0.556. The van der Waals surface area contributed by atoms with Crippen LogP contribution >= 0.6 is 11.6 Å². The van der Waals surface area contributed by atoms with Crippen LogP contribution in [0, 0.1) is 5.92 Å². The molecule has 0 N–H and O–H groups in total. The van der Waals surface area contributed by atoms with Gasteiger partial charge in [0.1, 0.15) is 0 Å². The van der Waals surface area contributed by atoms with E-state index in [9.17, 15) is 13.2 Å². The van der Waals surface area contributed by atoms with Crippen molar-refractivity contribution in [3.63, 3.8) is 0 Å². The van der Waals surface area contributed by atoms with Crippen LogP contribution in [-0.2, 0) is 0 Å². The molecule has 0 saturated heterocycles. The molecule has 0 aliphatic heterocycles. The first-order valence-electron chi connectivity index (χ1n) is 3.86. The third-order valence-electron chi connectivity index (χ3n) is 1.68. The van der Waals surface area contributed by atoms with Crippen molar-refractivity contribution in [1.82, 2.24) is 0 Å². The Bertz CT molecular complexity index is 174. The van der Waals surface area contributed by atoms with E-state index in [2.05, 4.69) is 13.2 Å². The normalized spacial score (nSPS) is 16.3. The van der Waals surface area contributed by atoms with E-state index in [1.165, 1.54) is 12.2 Å². The number of alkyl halides is 4. The Morgan fingerprint density at radius 2 is 1.85 bits per heavy atom. The summed E-state index contributed by atoms with van der Waals surface area (Å²) < 4.78 is 36.8. The number of halogens is 4. The van der Waals surface area contributed by atoms with Crippen LogP contribution in [0.5, 0.6) is 0 Å². The molecule has 13 heavy (non-hydrogen) atoms. The van der Waals surface area contributed by atoms with Gasteiger partial charge >= 0.3 is 6.18 Å². The van der Waals surface area contributed by atoms with Gasteiger partial charge < -0.3 is 0 Å². The monoisotopic (exact) mass is 212 g/mol. The average Bonchev–Trinajstić information content (AvgIpc) is 2.01. The van der Waals surface area contributed by atoms with Gasteiger partial charge in [0.2, 0.25) is 0 Å². The summed E-state index contributed by atoms with van der Waals surface area (Å²) in [7, 11) is 0. The lowest BCUT2D eigenvalue weighted by Crippen LogP contribution is -2.24. The minimum Gasteiger partial charge on any atom is -0.171 e. The molecular weight excluding hydrogens is 201 g/mol. The highest BCUT2D eigenvalue weighted by Crippen LogP contribution is 2.33. The van der Waals surface area contributed by atoms with Crippen molar-refractivity contribution in [2.45, 2.75) is 24.4 Å². The molecule has 0 amide bonds. The quantitative estimate of drug-likeness (QED) is 0.479. The summed E-state index contributed by atoms with van der Waals surface area (Å²) in [6, 6.07) is 0. The van der Waals surface area contributed by atoms with Crippen molar-refractivity contribution >= 4 is 11.6 Å². The van der Waals surface area contributed by atoms with Crippen molar-refractivity contribution in [1.29, 1.82) is 0 Å². The molecule has 2 atom stereocenters. The second kappa shape index (κ2) is 5.32. The van der Waals surface area contributed by atoms with Gasteiger partial charge in [0, 0.05) is 0 Å². The van der Waals surface area contributed by atoms with Crippen LogP contribution < -0.4 is 0 Å². The van der Waals surface area contributed by atoms with Gasteiger partial charge in [-0.05, 0) is 12.8 Å². The molecule has 0 aliphatic rings. The van der Waals surface area contributed by atoms with Crippen LogP contribution in [0.4, 0.5) is 13.2 Å². The Morgan fingerprint density at radius 1 is 1.31 bits per heavy atom. The predicted molar refractivity (Wildman–Crippen MR) is 48.8 cm³/mol. The zero-order valence-corrected chi connectivity index (χ0v) is 7.91. The summed E-state index contributed by atoms with van der Waals surface area (Å²) in [6.07, 6.45) is -1.88. The van der Waals surface area contributed by atoms with Crippen LogP contribution in [0.3, 0.4) is 0 Å². The maximum Gasteiger partial charge on any atom is 0.392 e. The van der Waals surface area contributed by atoms with Gasteiger partial charge in [0.25, 0.3) is 0 Å². The Labute approximate surface area is 81.1 Å². The summed E-state index contributed by atoms with van der Waals surface area (Å²) in [4.78, 5) is 0. The van der Waals surface area contributed by atoms with E-state index in [1.54, 1.807) is 0 Å².